The fourth-order valence-corrected chi connectivity index (χ4v) is 2.14. The Morgan fingerprint density at radius 1 is 1.25 bits per heavy atom. The molecule has 20 heavy (non-hydrogen) atoms. The van der Waals surface area contributed by atoms with E-state index in [1.54, 1.807) is 0 Å². The summed E-state index contributed by atoms with van der Waals surface area (Å²) in [4.78, 5) is 9.66. The lowest BCUT2D eigenvalue weighted by Gasteiger charge is -2.29. The van der Waals surface area contributed by atoms with Crippen molar-refractivity contribution in [1.82, 2.24) is 14.9 Å². The summed E-state index contributed by atoms with van der Waals surface area (Å²) < 4.78 is 38.3. The molecule has 1 aliphatic rings. The molecular formula is C12H18F3N5. The summed E-state index contributed by atoms with van der Waals surface area (Å²) in [5.74, 6) is 0.182. The number of piperidine rings is 1. The molecule has 0 unspecified atom stereocenters. The summed E-state index contributed by atoms with van der Waals surface area (Å²) in [6, 6.07) is 1.10. The average Bonchev–Trinajstić information content (AvgIpc) is 2.40. The molecule has 1 fully saturated rings. The lowest BCUT2D eigenvalue weighted by Crippen LogP contribution is -2.37. The fourth-order valence-electron chi connectivity index (χ4n) is 2.14. The molecule has 0 radical (unpaired) electrons. The van der Waals surface area contributed by atoms with Crippen LogP contribution >= 0.6 is 0 Å². The largest absolute Gasteiger partial charge is 0.433 e. The normalized spacial score (nSPS) is 18.1. The average molecular weight is 289 g/mol. The van der Waals surface area contributed by atoms with Crippen LogP contribution in [0.5, 0.6) is 0 Å². The maximum atomic E-state index is 12.8. The van der Waals surface area contributed by atoms with Gasteiger partial charge in [-0.05, 0) is 33.0 Å². The van der Waals surface area contributed by atoms with Crippen LogP contribution in [0.3, 0.4) is 0 Å². The Bertz CT molecular complexity index is 455. The van der Waals surface area contributed by atoms with Gasteiger partial charge in [0.25, 0.3) is 0 Å². The van der Waals surface area contributed by atoms with Crippen LogP contribution in [0.25, 0.3) is 0 Å². The molecule has 2 N–H and O–H groups in total. The van der Waals surface area contributed by atoms with E-state index in [0.29, 0.717) is 0 Å². The van der Waals surface area contributed by atoms with Crippen LogP contribution in [0.1, 0.15) is 18.5 Å². The number of aromatic nitrogens is 2. The molecule has 0 amide bonds. The zero-order valence-corrected chi connectivity index (χ0v) is 11.5. The Morgan fingerprint density at radius 3 is 2.45 bits per heavy atom. The highest BCUT2D eigenvalue weighted by Gasteiger charge is 2.34. The third kappa shape index (κ3) is 3.72. The number of anilines is 2. The summed E-state index contributed by atoms with van der Waals surface area (Å²) in [7, 11) is 3.52. The summed E-state index contributed by atoms with van der Waals surface area (Å²) in [5.41, 5.74) is -0.938. The second kappa shape index (κ2) is 5.82. The van der Waals surface area contributed by atoms with Crippen molar-refractivity contribution in [2.24, 2.45) is 0 Å². The number of alkyl halides is 3. The molecule has 1 aromatic heterocycles. The van der Waals surface area contributed by atoms with E-state index in [1.165, 1.54) is 7.05 Å². The van der Waals surface area contributed by atoms with Gasteiger partial charge in [-0.3, -0.25) is 0 Å². The molecule has 0 aromatic carbocycles. The van der Waals surface area contributed by atoms with Crippen molar-refractivity contribution in [2.75, 3.05) is 37.8 Å². The fraction of sp³-hybridized carbons (Fsp3) is 0.667. The van der Waals surface area contributed by atoms with Gasteiger partial charge in [-0.2, -0.15) is 18.2 Å². The molecule has 2 rings (SSSR count). The van der Waals surface area contributed by atoms with Crippen LogP contribution < -0.4 is 10.6 Å². The maximum Gasteiger partial charge on any atom is 0.433 e. The highest BCUT2D eigenvalue weighted by molar-refractivity contribution is 5.43. The first kappa shape index (κ1) is 14.8. The van der Waals surface area contributed by atoms with Crippen LogP contribution in [0, 0.1) is 0 Å². The van der Waals surface area contributed by atoms with Crippen molar-refractivity contribution in [2.45, 2.75) is 25.1 Å². The topological polar surface area (TPSA) is 53.1 Å². The zero-order chi connectivity index (χ0) is 14.8. The first-order valence-electron chi connectivity index (χ1n) is 6.47. The summed E-state index contributed by atoms with van der Waals surface area (Å²) in [6.07, 6.45) is -2.70. The first-order chi connectivity index (χ1) is 9.38. The van der Waals surface area contributed by atoms with E-state index >= 15 is 0 Å². The predicted molar refractivity (Wildman–Crippen MR) is 70.7 cm³/mol. The van der Waals surface area contributed by atoms with Gasteiger partial charge in [0.15, 0.2) is 5.69 Å². The molecule has 0 spiro atoms. The molecular weight excluding hydrogens is 271 g/mol. The van der Waals surface area contributed by atoms with Crippen molar-refractivity contribution in [1.29, 1.82) is 0 Å². The minimum Gasteiger partial charge on any atom is -0.367 e. The van der Waals surface area contributed by atoms with Gasteiger partial charge in [-0.25, -0.2) is 4.98 Å². The van der Waals surface area contributed by atoms with E-state index in [-0.39, 0.29) is 17.8 Å². The summed E-state index contributed by atoms with van der Waals surface area (Å²) >= 11 is 0. The number of hydrogen-bond donors (Lipinski definition) is 2. The number of halogens is 3. The van der Waals surface area contributed by atoms with Gasteiger partial charge in [0.05, 0.1) is 0 Å². The zero-order valence-electron chi connectivity index (χ0n) is 11.5. The molecule has 0 saturated carbocycles. The van der Waals surface area contributed by atoms with E-state index in [0.717, 1.165) is 32.0 Å². The molecule has 2 heterocycles. The third-order valence-electron chi connectivity index (χ3n) is 3.31. The van der Waals surface area contributed by atoms with E-state index in [4.69, 9.17) is 0 Å². The molecule has 0 bridgehead atoms. The van der Waals surface area contributed by atoms with Crippen molar-refractivity contribution in [3.05, 3.63) is 11.8 Å². The van der Waals surface area contributed by atoms with Crippen LogP contribution in [0.4, 0.5) is 24.9 Å². The molecule has 0 atom stereocenters. The predicted octanol–water partition coefficient (Wildman–Crippen LogP) is 2.04. The Kier molecular flexibility index (Phi) is 4.32. The first-order valence-corrected chi connectivity index (χ1v) is 6.47. The number of nitrogens with one attached hydrogen (secondary N) is 2. The van der Waals surface area contributed by atoms with Gasteiger partial charge >= 0.3 is 6.18 Å². The smallest absolute Gasteiger partial charge is 0.367 e. The minimum atomic E-state index is -4.47. The lowest BCUT2D eigenvalue weighted by molar-refractivity contribution is -0.141. The number of likely N-dealkylation sites (tertiary alicyclic amines) is 1. The summed E-state index contributed by atoms with van der Waals surface area (Å²) in [6.45, 7) is 1.85. The molecule has 1 aromatic rings. The van der Waals surface area contributed by atoms with Gasteiger partial charge in [-0.1, -0.05) is 0 Å². The Hall–Kier alpha value is -1.57. The highest BCUT2D eigenvalue weighted by Crippen LogP contribution is 2.30. The number of rotatable bonds is 3. The van der Waals surface area contributed by atoms with Crippen molar-refractivity contribution in [3.63, 3.8) is 0 Å². The second-order valence-corrected chi connectivity index (χ2v) is 4.93. The SMILES string of the molecule is CNc1nc(NC2CCN(C)CC2)cc(C(F)(F)F)n1. The van der Waals surface area contributed by atoms with Gasteiger partial charge in [0, 0.05) is 19.2 Å². The molecule has 112 valence electrons. The molecule has 8 heteroatoms. The minimum absolute atomic E-state index is 0.0322. The summed E-state index contributed by atoms with van der Waals surface area (Å²) in [5, 5.41) is 5.62. The van der Waals surface area contributed by atoms with E-state index in [1.807, 2.05) is 7.05 Å². The van der Waals surface area contributed by atoms with Crippen LogP contribution in [-0.4, -0.2) is 48.1 Å². The molecule has 5 nitrogen and oxygen atoms in total. The van der Waals surface area contributed by atoms with Crippen molar-refractivity contribution < 1.29 is 13.2 Å². The van der Waals surface area contributed by atoms with Crippen LogP contribution in [-0.2, 0) is 6.18 Å². The van der Waals surface area contributed by atoms with Gasteiger partial charge in [0.1, 0.15) is 5.82 Å². The molecule has 0 aliphatic carbocycles. The quantitative estimate of drug-likeness (QED) is 0.892. The Morgan fingerprint density at radius 2 is 1.90 bits per heavy atom. The van der Waals surface area contributed by atoms with E-state index < -0.39 is 11.9 Å². The molecule has 1 aliphatic heterocycles. The number of nitrogens with zero attached hydrogens (tertiary/aromatic N) is 3. The van der Waals surface area contributed by atoms with Crippen molar-refractivity contribution >= 4 is 11.8 Å². The second-order valence-electron chi connectivity index (χ2n) is 4.93. The monoisotopic (exact) mass is 289 g/mol. The third-order valence-corrected chi connectivity index (χ3v) is 3.31. The lowest BCUT2D eigenvalue weighted by atomic mass is 10.1. The standard InChI is InChI=1S/C12H18F3N5/c1-16-11-18-9(12(13,14)15)7-10(19-11)17-8-3-5-20(2)6-4-8/h7-8H,3-6H2,1-2H3,(H2,16,17,18,19). The van der Waals surface area contributed by atoms with Crippen molar-refractivity contribution in [3.8, 4) is 0 Å². The van der Waals surface area contributed by atoms with Gasteiger partial charge in [-0.15, -0.1) is 0 Å². The van der Waals surface area contributed by atoms with E-state index in [9.17, 15) is 13.2 Å². The maximum absolute atomic E-state index is 12.8. The number of hydrogen-bond acceptors (Lipinski definition) is 5. The van der Waals surface area contributed by atoms with Crippen LogP contribution in [0.2, 0.25) is 0 Å². The Balaban J connectivity index is 2.14. The van der Waals surface area contributed by atoms with Crippen LogP contribution in [0.15, 0.2) is 6.07 Å². The van der Waals surface area contributed by atoms with E-state index in [2.05, 4.69) is 25.5 Å². The molecule has 1 saturated heterocycles. The van der Waals surface area contributed by atoms with Gasteiger partial charge < -0.3 is 15.5 Å². The highest BCUT2D eigenvalue weighted by atomic mass is 19.4. The Labute approximate surface area is 115 Å². The van der Waals surface area contributed by atoms with Gasteiger partial charge in [0.2, 0.25) is 5.95 Å².